The molecule has 0 aromatic carbocycles. The summed E-state index contributed by atoms with van der Waals surface area (Å²) in [4.78, 5) is 4.49. The highest BCUT2D eigenvalue weighted by atomic mass is 28.2. The molecule has 0 rings (SSSR count). The fourth-order valence-electron chi connectivity index (χ4n) is 0.824. The molecule has 0 aliphatic heterocycles. The molecular formula is C9H21NO2Si. The first-order valence-electron chi connectivity index (χ1n) is 4.64. The Morgan fingerprint density at radius 1 is 1.46 bits per heavy atom. The Bertz CT molecular complexity index is 131. The molecule has 0 aromatic heterocycles. The fraction of sp³-hybridized carbons (Fsp3) is 1.00. The van der Waals surface area contributed by atoms with Crippen LogP contribution in [0.5, 0.6) is 0 Å². The predicted molar refractivity (Wildman–Crippen MR) is 55.8 cm³/mol. The van der Waals surface area contributed by atoms with Gasteiger partial charge in [0, 0.05) is 16.1 Å². The van der Waals surface area contributed by atoms with Gasteiger partial charge in [-0.1, -0.05) is 20.4 Å². The molecule has 2 N–H and O–H groups in total. The zero-order valence-electron chi connectivity index (χ0n) is 9.09. The molecule has 0 bridgehead atoms. The van der Waals surface area contributed by atoms with Crippen molar-refractivity contribution in [1.82, 2.24) is 0 Å². The van der Waals surface area contributed by atoms with Gasteiger partial charge in [0.15, 0.2) is 0 Å². The normalized spacial score (nSPS) is 14.5. The standard InChI is InChI=1S/C9H21NO2Si/c1-8(7-12-10)11-6-5-9(2,3)13-4/h8H,5-7,10H2,1-4H3. The summed E-state index contributed by atoms with van der Waals surface area (Å²) in [6, 6.07) is 0. The Morgan fingerprint density at radius 2 is 2.08 bits per heavy atom. The molecular weight excluding hydrogens is 182 g/mol. The predicted octanol–water partition coefficient (Wildman–Crippen LogP) is 1.62. The lowest BCUT2D eigenvalue weighted by molar-refractivity contribution is -0.00997. The van der Waals surface area contributed by atoms with Crippen molar-refractivity contribution in [3.63, 3.8) is 0 Å². The Hall–Kier alpha value is 0.0969. The molecule has 1 unspecified atom stereocenters. The zero-order chi connectivity index (χ0) is 10.3. The summed E-state index contributed by atoms with van der Waals surface area (Å²) in [7, 11) is 0.953. The van der Waals surface area contributed by atoms with Crippen LogP contribution in [0.1, 0.15) is 27.2 Å². The maximum atomic E-state index is 5.52. The Balaban J connectivity index is 3.44. The number of rotatable bonds is 7. The first-order valence-corrected chi connectivity index (χ1v) is 6.14. The van der Waals surface area contributed by atoms with Crippen LogP contribution in [0.3, 0.4) is 0 Å². The van der Waals surface area contributed by atoms with E-state index < -0.39 is 0 Å². The van der Waals surface area contributed by atoms with E-state index in [2.05, 4.69) is 25.2 Å². The van der Waals surface area contributed by atoms with Gasteiger partial charge in [-0.15, -0.1) is 0 Å². The highest BCUT2D eigenvalue weighted by molar-refractivity contribution is 6.37. The van der Waals surface area contributed by atoms with Crippen LogP contribution in [0.2, 0.25) is 11.6 Å². The van der Waals surface area contributed by atoms with Gasteiger partial charge in [-0.2, -0.15) is 0 Å². The summed E-state index contributed by atoms with van der Waals surface area (Å²) in [5, 5.41) is 0.406. The number of nitrogens with two attached hydrogens (primary N) is 1. The second-order valence-corrected chi connectivity index (χ2v) is 5.75. The number of ether oxygens (including phenoxy) is 1. The molecule has 0 saturated heterocycles. The van der Waals surface area contributed by atoms with Gasteiger partial charge in [0.1, 0.15) is 0 Å². The Labute approximate surface area is 83.8 Å². The molecule has 0 aromatic rings. The smallest absolute Gasteiger partial charge is 0.0938 e. The molecule has 4 heteroatoms. The molecule has 0 fully saturated rings. The fourth-order valence-corrected chi connectivity index (χ4v) is 1.18. The summed E-state index contributed by atoms with van der Waals surface area (Å²) < 4.78 is 5.52. The van der Waals surface area contributed by atoms with Crippen molar-refractivity contribution in [2.24, 2.45) is 5.90 Å². The van der Waals surface area contributed by atoms with Crippen molar-refractivity contribution in [1.29, 1.82) is 0 Å². The maximum Gasteiger partial charge on any atom is 0.0938 e. The highest BCUT2D eigenvalue weighted by Crippen LogP contribution is 2.26. The Morgan fingerprint density at radius 3 is 2.54 bits per heavy atom. The molecule has 0 aliphatic carbocycles. The molecule has 0 spiro atoms. The van der Waals surface area contributed by atoms with Crippen LogP contribution in [0.15, 0.2) is 0 Å². The monoisotopic (exact) mass is 203 g/mol. The second-order valence-electron chi connectivity index (χ2n) is 3.90. The SMILES string of the molecule is C[Si]C(C)(C)CCOC(C)CON. The third kappa shape index (κ3) is 7.19. The molecule has 78 valence electrons. The van der Waals surface area contributed by atoms with Gasteiger partial charge >= 0.3 is 0 Å². The summed E-state index contributed by atoms with van der Waals surface area (Å²) in [5.41, 5.74) is 0. The second kappa shape index (κ2) is 6.54. The number of hydrogen-bond acceptors (Lipinski definition) is 3. The van der Waals surface area contributed by atoms with Crippen LogP contribution >= 0.6 is 0 Å². The maximum absolute atomic E-state index is 5.52. The molecule has 0 saturated carbocycles. The highest BCUT2D eigenvalue weighted by Gasteiger charge is 2.15. The number of hydrogen-bond donors (Lipinski definition) is 1. The third-order valence-electron chi connectivity index (χ3n) is 2.14. The topological polar surface area (TPSA) is 44.5 Å². The van der Waals surface area contributed by atoms with Gasteiger partial charge in [-0.05, 0) is 18.4 Å². The molecule has 13 heavy (non-hydrogen) atoms. The largest absolute Gasteiger partial charge is 0.376 e. The van der Waals surface area contributed by atoms with Crippen molar-refractivity contribution in [2.75, 3.05) is 13.2 Å². The van der Waals surface area contributed by atoms with Crippen molar-refractivity contribution in [2.45, 2.75) is 44.9 Å². The summed E-state index contributed by atoms with van der Waals surface area (Å²) in [5.74, 6) is 4.93. The minimum absolute atomic E-state index is 0.0981. The van der Waals surface area contributed by atoms with E-state index in [0.717, 1.165) is 22.5 Å². The van der Waals surface area contributed by atoms with Crippen LogP contribution in [0, 0.1) is 0 Å². The average Bonchev–Trinajstić information content (AvgIpc) is 2.05. The summed E-state index contributed by atoms with van der Waals surface area (Å²) in [6.45, 7) is 9.98. The molecule has 0 aliphatic rings. The van der Waals surface area contributed by atoms with Gasteiger partial charge in [-0.3, -0.25) is 0 Å². The van der Waals surface area contributed by atoms with E-state index in [-0.39, 0.29) is 6.10 Å². The first-order chi connectivity index (χ1) is 6.02. The summed E-state index contributed by atoms with van der Waals surface area (Å²) >= 11 is 0. The Kier molecular flexibility index (Phi) is 6.58. The lowest BCUT2D eigenvalue weighted by Crippen LogP contribution is -2.21. The minimum Gasteiger partial charge on any atom is -0.376 e. The van der Waals surface area contributed by atoms with Crippen LogP contribution in [0.25, 0.3) is 0 Å². The van der Waals surface area contributed by atoms with Crippen molar-refractivity contribution < 1.29 is 9.57 Å². The van der Waals surface area contributed by atoms with Gasteiger partial charge in [0.25, 0.3) is 0 Å². The molecule has 3 nitrogen and oxygen atoms in total. The van der Waals surface area contributed by atoms with Crippen molar-refractivity contribution in [3.05, 3.63) is 0 Å². The lowest BCUT2D eigenvalue weighted by atomic mass is 10.1. The van der Waals surface area contributed by atoms with E-state index in [4.69, 9.17) is 10.6 Å². The third-order valence-corrected chi connectivity index (χ3v) is 3.74. The van der Waals surface area contributed by atoms with Crippen LogP contribution in [-0.4, -0.2) is 28.8 Å². The van der Waals surface area contributed by atoms with Crippen LogP contribution < -0.4 is 5.90 Å². The van der Waals surface area contributed by atoms with Crippen LogP contribution in [-0.2, 0) is 9.57 Å². The van der Waals surface area contributed by atoms with Crippen molar-refractivity contribution >= 4 is 9.52 Å². The average molecular weight is 203 g/mol. The van der Waals surface area contributed by atoms with E-state index in [1.165, 1.54) is 0 Å². The van der Waals surface area contributed by atoms with Gasteiger partial charge in [0.2, 0.25) is 0 Å². The molecule has 0 amide bonds. The molecule has 2 radical (unpaired) electrons. The molecule has 0 heterocycles. The van der Waals surface area contributed by atoms with Gasteiger partial charge in [0.05, 0.1) is 12.7 Å². The first kappa shape index (κ1) is 13.1. The van der Waals surface area contributed by atoms with E-state index >= 15 is 0 Å². The van der Waals surface area contributed by atoms with E-state index in [1.54, 1.807) is 0 Å². The van der Waals surface area contributed by atoms with Gasteiger partial charge < -0.3 is 9.57 Å². The summed E-state index contributed by atoms with van der Waals surface area (Å²) in [6.07, 6.45) is 1.19. The lowest BCUT2D eigenvalue weighted by Gasteiger charge is -2.22. The van der Waals surface area contributed by atoms with E-state index in [9.17, 15) is 0 Å². The van der Waals surface area contributed by atoms with Crippen LogP contribution in [0.4, 0.5) is 0 Å². The van der Waals surface area contributed by atoms with Gasteiger partial charge in [-0.25, -0.2) is 5.90 Å². The molecule has 1 atom stereocenters. The minimum atomic E-state index is 0.0981. The quantitative estimate of drug-likeness (QED) is 0.505. The van der Waals surface area contributed by atoms with E-state index in [1.807, 2.05) is 6.92 Å². The van der Waals surface area contributed by atoms with E-state index in [0.29, 0.717) is 11.6 Å². The zero-order valence-corrected chi connectivity index (χ0v) is 10.1. The van der Waals surface area contributed by atoms with Crippen molar-refractivity contribution in [3.8, 4) is 0 Å².